The zero-order chi connectivity index (χ0) is 41.0. The van der Waals surface area contributed by atoms with Crippen LogP contribution in [0.3, 0.4) is 0 Å². The molecule has 2 amide bonds. The number of amides is 2. The summed E-state index contributed by atoms with van der Waals surface area (Å²) >= 11 is 0. The summed E-state index contributed by atoms with van der Waals surface area (Å²) in [5.74, 6) is -1.56. The van der Waals surface area contributed by atoms with Crippen molar-refractivity contribution in [3.05, 3.63) is 95.7 Å². The number of carbonyl (C=O) groups excluding carboxylic acids is 4. The number of hydrazine groups is 1. The lowest BCUT2D eigenvalue weighted by Crippen LogP contribution is -2.41. The first kappa shape index (κ1) is 43.1. The standard InChI is InChI=1S/C45H58N4O8/c1-7-54-26-27-55-25-23-46-43(52)33(20-21-42(51)57-45(2,3)4)29-35(50)22-24-49-34(28-32-14-8-13-19-41(32)49)30-47(5)48(6)44(53)56-31-40-38-17-11-9-15-36(38)37-16-10-12-18-39(37)40/h8-19,28,33,40H,7,20-27,29-31H2,1-6H3,(H,46,52)/t33-/m1/s1. The first-order valence-electron chi connectivity index (χ1n) is 19.9. The summed E-state index contributed by atoms with van der Waals surface area (Å²) < 4.78 is 24.3. The topological polar surface area (TPSA) is 129 Å². The fourth-order valence-electron chi connectivity index (χ4n) is 7.21. The zero-order valence-electron chi connectivity index (χ0n) is 34.3. The monoisotopic (exact) mass is 782 g/mol. The molecule has 0 saturated heterocycles. The molecule has 0 unspecified atom stereocenters. The Balaban J connectivity index is 1.20. The van der Waals surface area contributed by atoms with Gasteiger partial charge in [-0.05, 0) is 73.9 Å². The molecular weight excluding hydrogens is 725 g/mol. The highest BCUT2D eigenvalue weighted by Crippen LogP contribution is 2.44. The van der Waals surface area contributed by atoms with E-state index in [9.17, 15) is 19.2 Å². The third-order valence-electron chi connectivity index (χ3n) is 10.1. The first-order chi connectivity index (χ1) is 27.4. The maximum atomic E-state index is 13.6. The number of hydrogen-bond donors (Lipinski definition) is 1. The van der Waals surface area contributed by atoms with Gasteiger partial charge in [0.05, 0.1) is 26.4 Å². The molecule has 1 aliphatic rings. The largest absolute Gasteiger partial charge is 0.460 e. The van der Waals surface area contributed by atoms with Crippen molar-refractivity contribution in [1.29, 1.82) is 0 Å². The highest BCUT2D eigenvalue weighted by molar-refractivity contribution is 5.87. The minimum Gasteiger partial charge on any atom is -0.460 e. The maximum absolute atomic E-state index is 13.6. The van der Waals surface area contributed by atoms with Crippen molar-refractivity contribution in [2.24, 2.45) is 5.92 Å². The number of esters is 1. The number of Topliss-reactive ketones (excluding diaryl/α,β-unsaturated/α-hetero) is 1. The second kappa shape index (κ2) is 20.4. The van der Waals surface area contributed by atoms with Gasteiger partial charge in [0.25, 0.3) is 0 Å². The van der Waals surface area contributed by atoms with Gasteiger partial charge in [0.1, 0.15) is 18.0 Å². The quantitative estimate of drug-likeness (QED) is 0.0534. The molecule has 4 aromatic rings. The van der Waals surface area contributed by atoms with E-state index < -0.39 is 23.6 Å². The highest BCUT2D eigenvalue weighted by atomic mass is 16.6. The van der Waals surface area contributed by atoms with Crippen LogP contribution >= 0.6 is 0 Å². The van der Waals surface area contributed by atoms with E-state index in [1.165, 1.54) is 16.1 Å². The molecule has 3 aromatic carbocycles. The van der Waals surface area contributed by atoms with Gasteiger partial charge in [-0.3, -0.25) is 14.4 Å². The van der Waals surface area contributed by atoms with Crippen LogP contribution in [-0.2, 0) is 46.4 Å². The van der Waals surface area contributed by atoms with E-state index in [1.54, 1.807) is 32.8 Å². The fourth-order valence-corrected chi connectivity index (χ4v) is 7.21. The van der Waals surface area contributed by atoms with Gasteiger partial charge in [-0.1, -0.05) is 66.7 Å². The number of rotatable bonds is 21. The molecule has 0 radical (unpaired) electrons. The Kier molecular flexibility index (Phi) is 15.4. The van der Waals surface area contributed by atoms with E-state index in [-0.39, 0.29) is 56.4 Å². The van der Waals surface area contributed by atoms with Crippen LogP contribution in [0, 0.1) is 5.92 Å². The van der Waals surface area contributed by atoms with Gasteiger partial charge in [0.2, 0.25) is 5.91 Å². The fraction of sp³-hybridized carbons (Fsp3) is 0.467. The molecule has 1 atom stereocenters. The van der Waals surface area contributed by atoms with Gasteiger partial charge < -0.3 is 28.8 Å². The number of fused-ring (bicyclic) bond motifs is 4. The molecule has 1 aromatic heterocycles. The number of para-hydroxylation sites is 1. The summed E-state index contributed by atoms with van der Waals surface area (Å²) in [6, 6.07) is 26.5. The molecule has 5 rings (SSSR count). The summed E-state index contributed by atoms with van der Waals surface area (Å²) in [6.07, 6.45) is -0.108. The van der Waals surface area contributed by atoms with Crippen LogP contribution in [0.2, 0.25) is 0 Å². The third kappa shape index (κ3) is 12.0. The highest BCUT2D eigenvalue weighted by Gasteiger charge is 2.30. The van der Waals surface area contributed by atoms with E-state index in [0.29, 0.717) is 39.5 Å². The predicted octanol–water partition coefficient (Wildman–Crippen LogP) is 7.13. The van der Waals surface area contributed by atoms with Crippen molar-refractivity contribution in [2.75, 3.05) is 53.7 Å². The van der Waals surface area contributed by atoms with Crippen LogP contribution in [0.15, 0.2) is 78.9 Å². The molecule has 57 heavy (non-hydrogen) atoms. The van der Waals surface area contributed by atoms with Crippen LogP contribution < -0.4 is 5.32 Å². The average Bonchev–Trinajstić information content (AvgIpc) is 3.70. The number of ketones is 1. The van der Waals surface area contributed by atoms with Gasteiger partial charge in [0, 0.05) is 76.1 Å². The molecule has 1 aliphatic carbocycles. The SMILES string of the molecule is CCOCCOCCNC(=O)[C@H](CCC(=O)OC(C)(C)C)CC(=O)CCn1c(CN(C)N(C)C(=O)OCC2c3ccccc3-c3ccccc32)cc2ccccc21. The molecule has 0 fully saturated rings. The summed E-state index contributed by atoms with van der Waals surface area (Å²) in [5, 5.41) is 7.14. The number of nitrogens with zero attached hydrogens (tertiary/aromatic N) is 3. The van der Waals surface area contributed by atoms with Crippen LogP contribution in [0.4, 0.5) is 4.79 Å². The van der Waals surface area contributed by atoms with Crippen LogP contribution in [-0.4, -0.2) is 97.6 Å². The summed E-state index contributed by atoms with van der Waals surface area (Å²) in [6.45, 7) is 10.3. The Morgan fingerprint density at radius 2 is 1.49 bits per heavy atom. The van der Waals surface area contributed by atoms with Gasteiger partial charge in [-0.2, -0.15) is 0 Å². The van der Waals surface area contributed by atoms with Crippen LogP contribution in [0.1, 0.15) is 76.1 Å². The molecule has 12 heteroatoms. The minimum atomic E-state index is -0.702. The minimum absolute atomic E-state index is 0.0151. The van der Waals surface area contributed by atoms with Crippen LogP contribution in [0.5, 0.6) is 0 Å². The Labute approximate surface area is 336 Å². The summed E-state index contributed by atoms with van der Waals surface area (Å²) in [4.78, 5) is 52.8. The molecular formula is C45H58N4O8. The second-order valence-corrected chi connectivity index (χ2v) is 15.4. The van der Waals surface area contributed by atoms with Gasteiger partial charge in [-0.25, -0.2) is 14.8 Å². The number of hydrogen-bond acceptors (Lipinski definition) is 9. The molecule has 0 bridgehead atoms. The van der Waals surface area contributed by atoms with Crippen molar-refractivity contribution in [1.82, 2.24) is 19.9 Å². The van der Waals surface area contributed by atoms with Crippen molar-refractivity contribution in [2.45, 2.75) is 78.0 Å². The molecule has 1 N–H and O–H groups in total. The number of aromatic nitrogens is 1. The number of nitrogens with one attached hydrogen (secondary N) is 1. The van der Waals surface area contributed by atoms with Crippen molar-refractivity contribution < 1.29 is 38.1 Å². The Morgan fingerprint density at radius 3 is 2.18 bits per heavy atom. The smallest absolute Gasteiger partial charge is 0.424 e. The molecule has 0 saturated carbocycles. The lowest BCUT2D eigenvalue weighted by atomic mass is 9.94. The van der Waals surface area contributed by atoms with Crippen molar-refractivity contribution in [3.8, 4) is 11.1 Å². The average molecular weight is 783 g/mol. The molecule has 12 nitrogen and oxygen atoms in total. The van der Waals surface area contributed by atoms with Gasteiger partial charge in [-0.15, -0.1) is 0 Å². The molecule has 1 heterocycles. The summed E-state index contributed by atoms with van der Waals surface area (Å²) in [7, 11) is 3.51. The van der Waals surface area contributed by atoms with E-state index in [2.05, 4.69) is 40.2 Å². The normalized spacial score (nSPS) is 13.0. The van der Waals surface area contributed by atoms with E-state index in [1.807, 2.05) is 62.5 Å². The summed E-state index contributed by atoms with van der Waals surface area (Å²) in [5.41, 5.74) is 5.85. The van der Waals surface area contributed by atoms with E-state index >= 15 is 0 Å². The molecule has 306 valence electrons. The molecule has 0 spiro atoms. The number of benzene rings is 3. The van der Waals surface area contributed by atoms with Crippen LogP contribution in [0.25, 0.3) is 22.0 Å². The zero-order valence-corrected chi connectivity index (χ0v) is 34.3. The maximum Gasteiger partial charge on any atom is 0.424 e. The Bertz CT molecular complexity index is 1940. The Morgan fingerprint density at radius 1 is 0.842 bits per heavy atom. The van der Waals surface area contributed by atoms with E-state index in [4.69, 9.17) is 18.9 Å². The number of carbonyl (C=O) groups is 4. The number of aryl methyl sites for hydroxylation is 1. The van der Waals surface area contributed by atoms with E-state index in [0.717, 1.165) is 27.7 Å². The second-order valence-electron chi connectivity index (χ2n) is 15.4. The Hall–Kier alpha value is -5.04. The predicted molar refractivity (Wildman–Crippen MR) is 219 cm³/mol. The van der Waals surface area contributed by atoms with Crippen molar-refractivity contribution in [3.63, 3.8) is 0 Å². The first-order valence-corrected chi connectivity index (χ1v) is 19.9. The lowest BCUT2D eigenvalue weighted by Gasteiger charge is -2.28. The molecule has 0 aliphatic heterocycles. The third-order valence-corrected chi connectivity index (χ3v) is 10.1. The van der Waals surface area contributed by atoms with Gasteiger partial charge >= 0.3 is 12.1 Å². The van der Waals surface area contributed by atoms with Crippen molar-refractivity contribution >= 4 is 34.7 Å². The van der Waals surface area contributed by atoms with Gasteiger partial charge in [0.15, 0.2) is 0 Å². The number of ether oxygens (including phenoxy) is 4. The lowest BCUT2D eigenvalue weighted by molar-refractivity contribution is -0.155.